The summed E-state index contributed by atoms with van der Waals surface area (Å²) in [4.78, 5) is 19.0. The second-order valence-electron chi connectivity index (χ2n) is 5.68. The zero-order chi connectivity index (χ0) is 18.5. The van der Waals surface area contributed by atoms with Gasteiger partial charge in [0.15, 0.2) is 5.17 Å². The number of aliphatic imine (C=N–C) groups is 1. The van der Waals surface area contributed by atoms with Gasteiger partial charge in [0, 0.05) is 0 Å². The molecule has 6 heteroatoms. The van der Waals surface area contributed by atoms with Crippen molar-refractivity contribution >= 4 is 34.2 Å². The molecule has 0 spiro atoms. The van der Waals surface area contributed by atoms with Gasteiger partial charge in [0.05, 0.1) is 29.8 Å². The number of amidine groups is 1. The number of hydrogen-bond donors (Lipinski definition) is 0. The molecule has 2 aromatic carbocycles. The summed E-state index contributed by atoms with van der Waals surface area (Å²) in [6, 6.07) is 15.1. The number of ether oxygens (including phenoxy) is 2. The Balaban J connectivity index is 1.87. The van der Waals surface area contributed by atoms with Crippen molar-refractivity contribution in [2.45, 2.75) is 26.0 Å². The molecule has 5 nitrogen and oxygen atoms in total. The first kappa shape index (κ1) is 18.3. The largest absolute Gasteiger partial charge is 0.494 e. The van der Waals surface area contributed by atoms with Crippen LogP contribution in [0.1, 0.15) is 20.8 Å². The number of amides is 1. The predicted octanol–water partition coefficient (Wildman–Crippen LogP) is 4.64. The van der Waals surface area contributed by atoms with Gasteiger partial charge in [-0.3, -0.25) is 9.69 Å². The van der Waals surface area contributed by atoms with Crippen molar-refractivity contribution in [2.75, 3.05) is 18.1 Å². The molecular weight excluding hydrogens is 348 g/mol. The molecule has 1 heterocycles. The third-order valence-electron chi connectivity index (χ3n) is 3.82. The lowest BCUT2D eigenvalue weighted by Gasteiger charge is -2.17. The van der Waals surface area contributed by atoms with Crippen LogP contribution < -0.4 is 14.4 Å². The lowest BCUT2D eigenvalue weighted by molar-refractivity contribution is -0.116. The monoisotopic (exact) mass is 370 g/mol. The van der Waals surface area contributed by atoms with E-state index in [9.17, 15) is 4.79 Å². The average Bonchev–Trinajstić information content (AvgIpc) is 2.92. The fourth-order valence-electron chi connectivity index (χ4n) is 2.60. The van der Waals surface area contributed by atoms with Crippen molar-refractivity contribution in [2.24, 2.45) is 4.99 Å². The Bertz CT molecular complexity index is 788. The third-order valence-corrected chi connectivity index (χ3v) is 4.86. The SMILES string of the molecule is CCOc1ccc(N=C2S[C@@H](C)C(=O)N2c2ccc(OCC)cc2)cc1. The molecule has 136 valence electrons. The third kappa shape index (κ3) is 4.02. The van der Waals surface area contributed by atoms with Gasteiger partial charge in [-0.05, 0) is 69.3 Å². The minimum atomic E-state index is -0.164. The standard InChI is InChI=1S/C20H22N2O3S/c1-4-24-17-10-6-15(7-11-17)21-20-22(19(23)14(3)26-20)16-8-12-18(13-9-16)25-5-2/h6-14H,4-5H2,1-3H3/t14-/m0/s1. The Morgan fingerprint density at radius 1 is 0.962 bits per heavy atom. The van der Waals surface area contributed by atoms with Crippen LogP contribution in [0.4, 0.5) is 11.4 Å². The molecule has 26 heavy (non-hydrogen) atoms. The van der Waals surface area contributed by atoms with Crippen LogP contribution >= 0.6 is 11.8 Å². The molecule has 1 atom stereocenters. The van der Waals surface area contributed by atoms with E-state index >= 15 is 0 Å². The van der Waals surface area contributed by atoms with Crippen molar-refractivity contribution in [3.63, 3.8) is 0 Å². The first-order valence-electron chi connectivity index (χ1n) is 8.67. The summed E-state index contributed by atoms with van der Waals surface area (Å²) in [5.41, 5.74) is 1.58. The normalized spacial score (nSPS) is 18.4. The number of rotatable bonds is 6. The molecule has 0 saturated carbocycles. The molecule has 1 amide bonds. The summed E-state index contributed by atoms with van der Waals surface area (Å²) in [5.74, 6) is 1.63. The molecule has 1 fully saturated rings. The molecule has 2 aromatic rings. The van der Waals surface area contributed by atoms with Crippen LogP contribution in [0.15, 0.2) is 53.5 Å². The minimum absolute atomic E-state index is 0.0313. The molecule has 1 saturated heterocycles. The molecule has 0 radical (unpaired) electrons. The maximum atomic E-state index is 12.6. The Hall–Kier alpha value is -2.47. The number of hydrogen-bond acceptors (Lipinski definition) is 5. The Kier molecular flexibility index (Phi) is 5.83. The van der Waals surface area contributed by atoms with Crippen molar-refractivity contribution in [1.82, 2.24) is 0 Å². The van der Waals surface area contributed by atoms with Crippen LogP contribution in [0.3, 0.4) is 0 Å². The summed E-state index contributed by atoms with van der Waals surface area (Å²) in [6.07, 6.45) is 0. The fraction of sp³-hybridized carbons (Fsp3) is 0.300. The van der Waals surface area contributed by atoms with E-state index in [0.29, 0.717) is 18.4 Å². The molecule has 0 N–H and O–H groups in total. The number of benzene rings is 2. The Morgan fingerprint density at radius 2 is 1.50 bits per heavy atom. The quantitative estimate of drug-likeness (QED) is 0.743. The van der Waals surface area contributed by atoms with Crippen LogP contribution in [-0.2, 0) is 4.79 Å². The highest BCUT2D eigenvalue weighted by molar-refractivity contribution is 8.16. The van der Waals surface area contributed by atoms with Crippen molar-refractivity contribution in [1.29, 1.82) is 0 Å². The summed E-state index contributed by atoms with van der Waals surface area (Å²) < 4.78 is 10.9. The molecule has 0 bridgehead atoms. The molecule has 0 aromatic heterocycles. The lowest BCUT2D eigenvalue weighted by atomic mass is 10.2. The van der Waals surface area contributed by atoms with Gasteiger partial charge in [-0.2, -0.15) is 0 Å². The van der Waals surface area contributed by atoms with Crippen LogP contribution in [-0.4, -0.2) is 29.5 Å². The van der Waals surface area contributed by atoms with Gasteiger partial charge >= 0.3 is 0 Å². The zero-order valence-corrected chi connectivity index (χ0v) is 16.0. The number of nitrogens with zero attached hydrogens (tertiary/aromatic N) is 2. The Morgan fingerprint density at radius 3 is 2.04 bits per heavy atom. The predicted molar refractivity (Wildman–Crippen MR) is 107 cm³/mol. The number of anilines is 1. The minimum Gasteiger partial charge on any atom is -0.494 e. The number of carbonyl (C=O) groups excluding carboxylic acids is 1. The van der Waals surface area contributed by atoms with E-state index < -0.39 is 0 Å². The van der Waals surface area contributed by atoms with Gasteiger partial charge < -0.3 is 9.47 Å². The molecular formula is C20H22N2O3S. The van der Waals surface area contributed by atoms with Crippen LogP contribution in [0, 0.1) is 0 Å². The van der Waals surface area contributed by atoms with Crippen molar-refractivity contribution < 1.29 is 14.3 Å². The summed E-state index contributed by atoms with van der Waals surface area (Å²) in [5, 5.41) is 0.513. The highest BCUT2D eigenvalue weighted by Gasteiger charge is 2.36. The van der Waals surface area contributed by atoms with E-state index in [1.54, 1.807) is 4.90 Å². The smallest absolute Gasteiger partial charge is 0.246 e. The first-order valence-corrected chi connectivity index (χ1v) is 9.55. The first-order chi connectivity index (χ1) is 12.6. The summed E-state index contributed by atoms with van der Waals surface area (Å²) in [6.45, 7) is 7.03. The van der Waals surface area contributed by atoms with E-state index in [1.165, 1.54) is 11.8 Å². The average molecular weight is 370 g/mol. The lowest BCUT2D eigenvalue weighted by Crippen LogP contribution is -2.31. The van der Waals surface area contributed by atoms with Crippen molar-refractivity contribution in [3.05, 3.63) is 48.5 Å². The maximum absolute atomic E-state index is 12.6. The van der Waals surface area contributed by atoms with E-state index in [0.717, 1.165) is 22.9 Å². The fourth-order valence-corrected chi connectivity index (χ4v) is 3.58. The van der Waals surface area contributed by atoms with Crippen LogP contribution in [0.5, 0.6) is 11.5 Å². The van der Waals surface area contributed by atoms with Gasteiger partial charge in [0.2, 0.25) is 5.91 Å². The second-order valence-corrected chi connectivity index (χ2v) is 6.99. The van der Waals surface area contributed by atoms with Crippen molar-refractivity contribution in [3.8, 4) is 11.5 Å². The van der Waals surface area contributed by atoms with E-state index in [4.69, 9.17) is 9.47 Å². The highest BCUT2D eigenvalue weighted by atomic mass is 32.2. The maximum Gasteiger partial charge on any atom is 0.246 e. The van der Waals surface area contributed by atoms with Gasteiger partial charge in [0.25, 0.3) is 0 Å². The van der Waals surface area contributed by atoms with E-state index in [2.05, 4.69) is 4.99 Å². The molecule has 1 aliphatic rings. The Labute approximate surface area is 158 Å². The second kappa shape index (κ2) is 8.27. The van der Waals surface area contributed by atoms with E-state index in [-0.39, 0.29) is 11.2 Å². The van der Waals surface area contributed by atoms with Crippen LogP contribution in [0.2, 0.25) is 0 Å². The van der Waals surface area contributed by atoms with Crippen LogP contribution in [0.25, 0.3) is 0 Å². The number of thioether (sulfide) groups is 1. The zero-order valence-electron chi connectivity index (χ0n) is 15.1. The molecule has 0 unspecified atom stereocenters. The molecule has 0 aliphatic carbocycles. The number of carbonyl (C=O) groups is 1. The summed E-state index contributed by atoms with van der Waals surface area (Å²) >= 11 is 1.46. The van der Waals surface area contributed by atoms with Gasteiger partial charge in [0.1, 0.15) is 11.5 Å². The summed E-state index contributed by atoms with van der Waals surface area (Å²) in [7, 11) is 0. The van der Waals surface area contributed by atoms with E-state index in [1.807, 2.05) is 69.3 Å². The molecule has 1 aliphatic heterocycles. The van der Waals surface area contributed by atoms with Gasteiger partial charge in [-0.15, -0.1) is 0 Å². The molecule has 3 rings (SSSR count). The topological polar surface area (TPSA) is 51.1 Å². The highest BCUT2D eigenvalue weighted by Crippen LogP contribution is 2.34. The van der Waals surface area contributed by atoms with Gasteiger partial charge in [-0.25, -0.2) is 4.99 Å². The van der Waals surface area contributed by atoms with Gasteiger partial charge in [-0.1, -0.05) is 11.8 Å².